The molecule has 2 N–H and O–H groups in total. The van der Waals surface area contributed by atoms with Crippen molar-refractivity contribution >= 4 is 11.0 Å². The number of nitriles is 1. The average Bonchev–Trinajstić information content (AvgIpc) is 3.37. The Hall–Kier alpha value is -2.72. The average molecular weight is 338 g/mol. The van der Waals surface area contributed by atoms with Gasteiger partial charge in [-0.15, -0.1) is 0 Å². The minimum absolute atomic E-state index is 0.187. The fourth-order valence-corrected chi connectivity index (χ4v) is 3.16. The Morgan fingerprint density at radius 2 is 2.24 bits per heavy atom. The number of hydrogen-bond acceptors (Lipinski definition) is 5. The van der Waals surface area contributed by atoms with E-state index < -0.39 is 0 Å². The molecule has 3 heterocycles. The maximum absolute atomic E-state index is 9.92. The maximum atomic E-state index is 9.92. The topological polar surface area (TPSA) is 103 Å². The first-order valence-electron chi connectivity index (χ1n) is 8.58. The van der Waals surface area contributed by atoms with Gasteiger partial charge in [0.05, 0.1) is 24.1 Å². The molecule has 3 aromatic heterocycles. The van der Waals surface area contributed by atoms with E-state index in [0.717, 1.165) is 48.1 Å². The minimum atomic E-state index is -0.187. The molecule has 4 rings (SSSR count). The number of aliphatic hydroxyl groups excluding tert-OH is 1. The molecule has 0 bridgehead atoms. The van der Waals surface area contributed by atoms with Gasteiger partial charge in [-0.1, -0.05) is 13.3 Å². The summed E-state index contributed by atoms with van der Waals surface area (Å²) in [5, 5.41) is 23.0. The Labute approximate surface area is 146 Å². The predicted octanol–water partition coefficient (Wildman–Crippen LogP) is 2.90. The van der Waals surface area contributed by atoms with E-state index in [1.807, 2.05) is 42.3 Å². The molecule has 7 heteroatoms. The summed E-state index contributed by atoms with van der Waals surface area (Å²) in [5.41, 5.74) is 2.70. The predicted molar refractivity (Wildman–Crippen MR) is 94.4 cm³/mol. The van der Waals surface area contributed by atoms with Crippen molar-refractivity contribution in [2.24, 2.45) is 5.92 Å². The molecule has 7 nitrogen and oxygen atoms in total. The lowest BCUT2D eigenvalue weighted by atomic mass is 10.1. The second kappa shape index (κ2) is 7.90. The Balaban J connectivity index is 0.000000415. The van der Waals surface area contributed by atoms with Gasteiger partial charge in [-0.05, 0) is 18.9 Å². The van der Waals surface area contributed by atoms with Crippen molar-refractivity contribution in [1.29, 1.82) is 5.26 Å². The summed E-state index contributed by atoms with van der Waals surface area (Å²) < 4.78 is 1.91. The highest BCUT2D eigenvalue weighted by molar-refractivity contribution is 5.89. The third-order valence-corrected chi connectivity index (χ3v) is 4.46. The molecule has 1 fully saturated rings. The number of nitrogens with zero attached hydrogens (tertiary/aromatic N) is 5. The van der Waals surface area contributed by atoms with Crippen LogP contribution in [0.3, 0.4) is 0 Å². The van der Waals surface area contributed by atoms with Gasteiger partial charge in [0.25, 0.3) is 0 Å². The second-order valence-corrected chi connectivity index (χ2v) is 6.18. The maximum Gasteiger partial charge on any atom is 0.141 e. The van der Waals surface area contributed by atoms with Gasteiger partial charge in [-0.3, -0.25) is 4.68 Å². The van der Waals surface area contributed by atoms with Crippen molar-refractivity contribution in [3.63, 3.8) is 0 Å². The zero-order valence-electron chi connectivity index (χ0n) is 14.3. The van der Waals surface area contributed by atoms with Gasteiger partial charge < -0.3 is 10.1 Å². The molecule has 1 saturated carbocycles. The Bertz CT molecular complexity index is 862. The van der Waals surface area contributed by atoms with Crippen molar-refractivity contribution in [3.8, 4) is 17.3 Å². The summed E-state index contributed by atoms with van der Waals surface area (Å²) in [5.74, 6) is 0.315. The van der Waals surface area contributed by atoms with Gasteiger partial charge in [-0.2, -0.15) is 10.4 Å². The van der Waals surface area contributed by atoms with Crippen LogP contribution in [0.5, 0.6) is 0 Å². The Morgan fingerprint density at radius 1 is 1.40 bits per heavy atom. The normalized spacial score (nSPS) is 19.4. The van der Waals surface area contributed by atoms with Crippen LogP contribution in [-0.4, -0.2) is 35.9 Å². The molecule has 0 aliphatic heterocycles. The number of H-pyrrole nitrogens is 1. The zero-order chi connectivity index (χ0) is 17.6. The van der Waals surface area contributed by atoms with Crippen LogP contribution in [0.25, 0.3) is 22.3 Å². The molecular formula is C18H22N6O. The van der Waals surface area contributed by atoms with E-state index in [-0.39, 0.29) is 6.10 Å². The Morgan fingerprint density at radius 3 is 2.96 bits per heavy atom. The quantitative estimate of drug-likeness (QED) is 0.764. The van der Waals surface area contributed by atoms with Crippen LogP contribution in [-0.2, 0) is 6.54 Å². The van der Waals surface area contributed by atoms with Gasteiger partial charge in [0.2, 0.25) is 0 Å². The largest absolute Gasteiger partial charge is 0.393 e. The minimum Gasteiger partial charge on any atom is -0.393 e. The molecule has 25 heavy (non-hydrogen) atoms. The fraction of sp³-hybridized carbons (Fsp3) is 0.444. The second-order valence-electron chi connectivity index (χ2n) is 6.18. The molecule has 3 aromatic rings. The standard InChI is InChI=1S/C15H17N5O.C3H5N/c21-13-3-1-2-10(13)7-20-8-11(6-19-20)14-12-4-5-16-15(12)18-9-17-14;1-2-3-4/h4-6,8-10,13,21H,1-3,7H2,(H,16,17,18);2H2,1H3/t10?,13-;/m1./s1. The van der Waals surface area contributed by atoms with Crippen LogP contribution < -0.4 is 0 Å². The molecule has 1 aliphatic carbocycles. The van der Waals surface area contributed by atoms with Gasteiger partial charge in [0.15, 0.2) is 0 Å². The van der Waals surface area contributed by atoms with Gasteiger partial charge in [0.1, 0.15) is 12.0 Å². The molecular weight excluding hydrogens is 316 g/mol. The van der Waals surface area contributed by atoms with Crippen molar-refractivity contribution in [2.75, 3.05) is 0 Å². The summed E-state index contributed by atoms with van der Waals surface area (Å²) in [6.07, 6.45) is 10.8. The number of rotatable bonds is 3. The molecule has 0 aromatic carbocycles. The summed E-state index contributed by atoms with van der Waals surface area (Å²) in [6, 6.07) is 3.91. The van der Waals surface area contributed by atoms with Crippen LogP contribution in [0.15, 0.2) is 31.0 Å². The van der Waals surface area contributed by atoms with Crippen LogP contribution in [0.4, 0.5) is 0 Å². The van der Waals surface area contributed by atoms with Gasteiger partial charge in [-0.25, -0.2) is 9.97 Å². The number of nitrogens with one attached hydrogen (secondary N) is 1. The fourth-order valence-electron chi connectivity index (χ4n) is 3.16. The van der Waals surface area contributed by atoms with Crippen molar-refractivity contribution in [2.45, 2.75) is 45.3 Å². The molecule has 1 unspecified atom stereocenters. The van der Waals surface area contributed by atoms with E-state index >= 15 is 0 Å². The summed E-state index contributed by atoms with van der Waals surface area (Å²) in [7, 11) is 0. The lowest BCUT2D eigenvalue weighted by molar-refractivity contribution is 0.121. The van der Waals surface area contributed by atoms with Crippen LogP contribution in [0, 0.1) is 17.2 Å². The third-order valence-electron chi connectivity index (χ3n) is 4.46. The lowest BCUT2D eigenvalue weighted by Crippen LogP contribution is -2.19. The monoisotopic (exact) mass is 338 g/mol. The Kier molecular flexibility index (Phi) is 5.41. The molecule has 0 spiro atoms. The highest BCUT2D eigenvalue weighted by atomic mass is 16.3. The summed E-state index contributed by atoms with van der Waals surface area (Å²) in [6.45, 7) is 2.59. The molecule has 130 valence electrons. The molecule has 0 saturated heterocycles. The SMILES string of the molecule is CCC#N.O[C@@H]1CCCC1Cn1cc(-c2ncnc3[nH]ccc23)cn1. The number of hydrogen-bond donors (Lipinski definition) is 2. The van der Waals surface area contributed by atoms with Gasteiger partial charge >= 0.3 is 0 Å². The number of aromatic amines is 1. The van der Waals surface area contributed by atoms with Crippen LogP contribution in [0.2, 0.25) is 0 Å². The highest BCUT2D eigenvalue weighted by Gasteiger charge is 2.25. The number of fused-ring (bicyclic) bond motifs is 1. The van der Waals surface area contributed by atoms with E-state index in [2.05, 4.69) is 20.1 Å². The first-order chi connectivity index (χ1) is 12.2. The highest BCUT2D eigenvalue weighted by Crippen LogP contribution is 2.28. The van der Waals surface area contributed by atoms with E-state index in [0.29, 0.717) is 12.3 Å². The first-order valence-corrected chi connectivity index (χ1v) is 8.58. The van der Waals surface area contributed by atoms with E-state index in [1.54, 1.807) is 6.33 Å². The molecule has 2 atom stereocenters. The molecule has 0 amide bonds. The van der Waals surface area contributed by atoms with Gasteiger partial charge in [0, 0.05) is 42.2 Å². The zero-order valence-corrected chi connectivity index (χ0v) is 14.3. The van der Waals surface area contributed by atoms with Crippen molar-refractivity contribution < 1.29 is 5.11 Å². The smallest absolute Gasteiger partial charge is 0.141 e. The summed E-state index contributed by atoms with van der Waals surface area (Å²) >= 11 is 0. The van der Waals surface area contributed by atoms with Crippen LogP contribution >= 0.6 is 0 Å². The number of aromatic nitrogens is 5. The van der Waals surface area contributed by atoms with E-state index in [4.69, 9.17) is 5.26 Å². The molecule has 0 radical (unpaired) electrons. The first kappa shape index (κ1) is 17.1. The third kappa shape index (κ3) is 3.86. The van der Waals surface area contributed by atoms with E-state index in [1.165, 1.54) is 0 Å². The van der Waals surface area contributed by atoms with Crippen molar-refractivity contribution in [3.05, 3.63) is 31.0 Å². The van der Waals surface area contributed by atoms with Crippen molar-refractivity contribution in [1.82, 2.24) is 24.7 Å². The summed E-state index contributed by atoms with van der Waals surface area (Å²) in [4.78, 5) is 11.7. The molecule has 1 aliphatic rings. The van der Waals surface area contributed by atoms with Crippen LogP contribution in [0.1, 0.15) is 32.6 Å². The number of aliphatic hydroxyl groups is 1. The van der Waals surface area contributed by atoms with E-state index in [9.17, 15) is 5.11 Å². The lowest BCUT2D eigenvalue weighted by Gasteiger charge is -2.13.